The first kappa shape index (κ1) is 8.75. The zero-order valence-corrected chi connectivity index (χ0v) is 9.51. The Hall–Kier alpha value is -0.830. The van der Waals surface area contributed by atoms with Crippen LogP contribution in [0.2, 0.25) is 0 Å². The third-order valence-electron chi connectivity index (χ3n) is 2.39. The van der Waals surface area contributed by atoms with Crippen LogP contribution in [0.25, 0.3) is 10.9 Å². The Morgan fingerprint density at radius 1 is 1.31 bits per heavy atom. The van der Waals surface area contributed by atoms with Crippen molar-refractivity contribution in [3.63, 3.8) is 0 Å². The van der Waals surface area contributed by atoms with Crippen molar-refractivity contribution < 1.29 is 0 Å². The van der Waals surface area contributed by atoms with Crippen LogP contribution >= 0.6 is 15.9 Å². The quantitative estimate of drug-likeness (QED) is 0.691. The molecule has 2 nitrogen and oxygen atoms in total. The summed E-state index contributed by atoms with van der Waals surface area (Å²) in [5.74, 6) is 0. The highest BCUT2D eigenvalue weighted by molar-refractivity contribution is 9.10. The molecule has 0 fully saturated rings. The minimum atomic E-state index is 1.09. The fourth-order valence-electron chi connectivity index (χ4n) is 1.73. The molecule has 0 saturated heterocycles. The number of aromatic nitrogens is 2. The molecule has 1 aromatic heterocycles. The molecule has 0 radical (unpaired) electrons. The summed E-state index contributed by atoms with van der Waals surface area (Å²) in [6, 6.07) is 4.16. The molecule has 0 spiro atoms. The van der Waals surface area contributed by atoms with Gasteiger partial charge >= 0.3 is 0 Å². The molecule has 0 atom stereocenters. The van der Waals surface area contributed by atoms with Gasteiger partial charge in [0.1, 0.15) is 0 Å². The maximum atomic E-state index is 4.39. The van der Waals surface area contributed by atoms with Crippen LogP contribution in [0.1, 0.15) is 11.3 Å². The van der Waals surface area contributed by atoms with E-state index in [1.807, 2.05) is 18.7 Å². The molecular formula is C10H11BrN2. The Morgan fingerprint density at radius 2 is 2.00 bits per heavy atom. The number of fused-ring (bicyclic) bond motifs is 1. The van der Waals surface area contributed by atoms with Crippen LogP contribution in [0.3, 0.4) is 0 Å². The van der Waals surface area contributed by atoms with Crippen LogP contribution in [-0.4, -0.2) is 9.78 Å². The first-order valence-corrected chi connectivity index (χ1v) is 4.99. The lowest BCUT2D eigenvalue weighted by atomic mass is 10.1. The molecule has 13 heavy (non-hydrogen) atoms. The van der Waals surface area contributed by atoms with Crippen LogP contribution in [0.5, 0.6) is 0 Å². The molecule has 3 heteroatoms. The van der Waals surface area contributed by atoms with E-state index in [9.17, 15) is 0 Å². The lowest BCUT2D eigenvalue weighted by Gasteiger charge is -2.00. The molecule has 0 bridgehead atoms. The number of aryl methyl sites for hydroxylation is 3. The Balaban J connectivity index is 2.98. The fourth-order valence-corrected chi connectivity index (χ4v) is 2.06. The molecule has 0 aliphatic carbocycles. The second-order valence-corrected chi connectivity index (χ2v) is 4.13. The van der Waals surface area contributed by atoms with Gasteiger partial charge in [0.25, 0.3) is 0 Å². The Morgan fingerprint density at radius 3 is 2.69 bits per heavy atom. The van der Waals surface area contributed by atoms with Crippen LogP contribution < -0.4 is 0 Å². The van der Waals surface area contributed by atoms with Gasteiger partial charge in [0.2, 0.25) is 0 Å². The van der Waals surface area contributed by atoms with Crippen molar-refractivity contribution in [1.82, 2.24) is 9.78 Å². The first-order valence-electron chi connectivity index (χ1n) is 4.19. The van der Waals surface area contributed by atoms with E-state index in [2.05, 4.69) is 40.1 Å². The summed E-state index contributed by atoms with van der Waals surface area (Å²) in [6.45, 7) is 4.16. The SMILES string of the molecule is Cc1nn(C)c2ccc(Br)c(C)c12. The van der Waals surface area contributed by atoms with E-state index < -0.39 is 0 Å². The van der Waals surface area contributed by atoms with E-state index in [1.54, 1.807) is 0 Å². The van der Waals surface area contributed by atoms with Crippen molar-refractivity contribution in [3.8, 4) is 0 Å². The molecule has 0 amide bonds. The number of halogens is 1. The second-order valence-electron chi connectivity index (χ2n) is 3.28. The summed E-state index contributed by atoms with van der Waals surface area (Å²) in [6.07, 6.45) is 0. The highest BCUT2D eigenvalue weighted by atomic mass is 79.9. The van der Waals surface area contributed by atoms with Crippen LogP contribution in [-0.2, 0) is 7.05 Å². The predicted octanol–water partition coefficient (Wildman–Crippen LogP) is 2.95. The highest BCUT2D eigenvalue weighted by Gasteiger charge is 2.08. The molecule has 2 rings (SSSR count). The van der Waals surface area contributed by atoms with E-state index in [1.165, 1.54) is 16.5 Å². The van der Waals surface area contributed by atoms with E-state index >= 15 is 0 Å². The van der Waals surface area contributed by atoms with Gasteiger partial charge in [0.05, 0.1) is 11.2 Å². The van der Waals surface area contributed by atoms with Crippen molar-refractivity contribution in [2.24, 2.45) is 7.05 Å². The van der Waals surface area contributed by atoms with Crippen LogP contribution in [0, 0.1) is 13.8 Å². The van der Waals surface area contributed by atoms with Crippen molar-refractivity contribution in [2.75, 3.05) is 0 Å². The summed E-state index contributed by atoms with van der Waals surface area (Å²) in [7, 11) is 1.97. The minimum absolute atomic E-state index is 1.09. The van der Waals surface area contributed by atoms with Crippen molar-refractivity contribution >= 4 is 26.8 Å². The summed E-state index contributed by atoms with van der Waals surface area (Å²) >= 11 is 3.52. The van der Waals surface area contributed by atoms with Crippen molar-refractivity contribution in [2.45, 2.75) is 13.8 Å². The van der Waals surface area contributed by atoms with Crippen LogP contribution in [0.15, 0.2) is 16.6 Å². The average Bonchev–Trinajstić information content (AvgIpc) is 2.35. The summed E-state index contributed by atoms with van der Waals surface area (Å²) < 4.78 is 3.07. The largest absolute Gasteiger partial charge is 0.268 e. The molecule has 0 aliphatic rings. The number of hydrogen-bond donors (Lipinski definition) is 0. The predicted molar refractivity (Wildman–Crippen MR) is 57.9 cm³/mol. The lowest BCUT2D eigenvalue weighted by molar-refractivity contribution is 0.783. The maximum absolute atomic E-state index is 4.39. The van der Waals surface area contributed by atoms with Gasteiger partial charge in [-0.1, -0.05) is 15.9 Å². The van der Waals surface area contributed by atoms with Gasteiger partial charge in [-0.25, -0.2) is 0 Å². The Bertz CT molecular complexity index is 471. The van der Waals surface area contributed by atoms with Gasteiger partial charge in [-0.2, -0.15) is 5.10 Å². The van der Waals surface area contributed by atoms with E-state index in [0.29, 0.717) is 0 Å². The third-order valence-corrected chi connectivity index (χ3v) is 3.25. The normalized spacial score (nSPS) is 11.1. The average molecular weight is 239 g/mol. The van der Waals surface area contributed by atoms with E-state index in [-0.39, 0.29) is 0 Å². The highest BCUT2D eigenvalue weighted by Crippen LogP contribution is 2.27. The smallest absolute Gasteiger partial charge is 0.0685 e. The molecule has 1 heterocycles. The number of benzene rings is 1. The van der Waals surface area contributed by atoms with Crippen molar-refractivity contribution in [1.29, 1.82) is 0 Å². The number of rotatable bonds is 0. The summed E-state index contributed by atoms with van der Waals surface area (Å²) in [4.78, 5) is 0. The third kappa shape index (κ3) is 1.18. The topological polar surface area (TPSA) is 17.8 Å². The molecule has 0 unspecified atom stereocenters. The maximum Gasteiger partial charge on any atom is 0.0685 e. The molecule has 2 aromatic rings. The van der Waals surface area contributed by atoms with Crippen molar-refractivity contribution in [3.05, 3.63) is 27.9 Å². The Kier molecular flexibility index (Phi) is 1.91. The van der Waals surface area contributed by atoms with Gasteiger partial charge in [-0.15, -0.1) is 0 Å². The molecule has 1 aromatic carbocycles. The summed E-state index contributed by atoms with van der Waals surface area (Å²) in [5, 5.41) is 5.65. The number of nitrogens with zero attached hydrogens (tertiary/aromatic N) is 2. The van der Waals surface area contributed by atoms with Gasteiger partial charge in [-0.3, -0.25) is 4.68 Å². The minimum Gasteiger partial charge on any atom is -0.268 e. The van der Waals surface area contributed by atoms with Gasteiger partial charge in [0.15, 0.2) is 0 Å². The van der Waals surface area contributed by atoms with Gasteiger partial charge in [0, 0.05) is 16.9 Å². The monoisotopic (exact) mass is 238 g/mol. The second kappa shape index (κ2) is 2.84. The Labute approximate surface area is 85.7 Å². The lowest BCUT2D eigenvalue weighted by Crippen LogP contribution is -1.89. The standard InChI is InChI=1S/C10H11BrN2/c1-6-8(11)4-5-9-10(6)7(2)12-13(9)3/h4-5H,1-3H3. The molecule has 0 aliphatic heterocycles. The van der Waals surface area contributed by atoms with E-state index in [0.717, 1.165) is 10.2 Å². The molecule has 0 saturated carbocycles. The van der Waals surface area contributed by atoms with E-state index in [4.69, 9.17) is 0 Å². The molecule has 0 N–H and O–H groups in total. The van der Waals surface area contributed by atoms with Crippen LogP contribution in [0.4, 0.5) is 0 Å². The molecular weight excluding hydrogens is 228 g/mol. The van der Waals surface area contributed by atoms with Gasteiger partial charge < -0.3 is 0 Å². The zero-order chi connectivity index (χ0) is 9.59. The summed E-state index contributed by atoms with van der Waals surface area (Å²) in [5.41, 5.74) is 3.55. The first-order chi connectivity index (χ1) is 6.11. The van der Waals surface area contributed by atoms with Gasteiger partial charge in [-0.05, 0) is 31.5 Å². The molecule has 68 valence electrons. The zero-order valence-electron chi connectivity index (χ0n) is 7.93. The number of hydrogen-bond acceptors (Lipinski definition) is 1. The fraction of sp³-hybridized carbons (Fsp3) is 0.300.